The first-order valence-electron chi connectivity index (χ1n) is 6.83. The highest BCUT2D eigenvalue weighted by Gasteiger charge is 2.23. The fourth-order valence-corrected chi connectivity index (χ4v) is 2.82. The standard InChI is InChI=1S/C17H18FN/c18-17-8-6-14(7-9-17)12-19-11-10-16(13-19)15-4-2-1-3-5-15/h1-9,16H,10-13H2. The third kappa shape index (κ3) is 3.02. The number of nitrogens with zero attached hydrogens (tertiary/aromatic N) is 1. The Labute approximate surface area is 113 Å². The molecule has 1 heterocycles. The van der Waals surface area contributed by atoms with E-state index >= 15 is 0 Å². The smallest absolute Gasteiger partial charge is 0.123 e. The molecule has 98 valence electrons. The first-order chi connectivity index (χ1) is 9.31. The Hall–Kier alpha value is -1.67. The number of benzene rings is 2. The second-order valence-electron chi connectivity index (χ2n) is 5.26. The molecule has 0 aliphatic carbocycles. The third-order valence-electron chi connectivity index (χ3n) is 3.86. The van der Waals surface area contributed by atoms with Crippen molar-refractivity contribution in [2.45, 2.75) is 18.9 Å². The lowest BCUT2D eigenvalue weighted by atomic mass is 9.99. The van der Waals surface area contributed by atoms with Crippen molar-refractivity contribution >= 4 is 0 Å². The van der Waals surface area contributed by atoms with Gasteiger partial charge in [0.1, 0.15) is 5.82 Å². The number of halogens is 1. The third-order valence-corrected chi connectivity index (χ3v) is 3.86. The monoisotopic (exact) mass is 255 g/mol. The minimum Gasteiger partial charge on any atom is -0.298 e. The van der Waals surface area contributed by atoms with Crippen molar-refractivity contribution in [1.29, 1.82) is 0 Å². The molecule has 0 bridgehead atoms. The molecule has 1 fully saturated rings. The van der Waals surface area contributed by atoms with E-state index < -0.39 is 0 Å². The van der Waals surface area contributed by atoms with E-state index in [1.807, 2.05) is 12.1 Å². The number of likely N-dealkylation sites (tertiary alicyclic amines) is 1. The van der Waals surface area contributed by atoms with Gasteiger partial charge in [-0.05, 0) is 42.1 Å². The summed E-state index contributed by atoms with van der Waals surface area (Å²) in [6.45, 7) is 3.14. The maximum atomic E-state index is 12.9. The van der Waals surface area contributed by atoms with Crippen LogP contribution in [0.3, 0.4) is 0 Å². The Bertz CT molecular complexity index is 521. The summed E-state index contributed by atoms with van der Waals surface area (Å²) in [4.78, 5) is 2.45. The summed E-state index contributed by atoms with van der Waals surface area (Å²) in [5.74, 6) is 0.481. The van der Waals surface area contributed by atoms with E-state index in [9.17, 15) is 4.39 Å². The molecule has 0 saturated carbocycles. The average Bonchev–Trinajstić information content (AvgIpc) is 2.91. The summed E-state index contributed by atoms with van der Waals surface area (Å²) in [5, 5.41) is 0. The molecule has 1 saturated heterocycles. The molecule has 0 radical (unpaired) electrons. The molecule has 19 heavy (non-hydrogen) atoms. The van der Waals surface area contributed by atoms with Gasteiger partial charge in [-0.25, -0.2) is 4.39 Å². The van der Waals surface area contributed by atoms with Crippen LogP contribution < -0.4 is 0 Å². The van der Waals surface area contributed by atoms with Crippen LogP contribution in [0.2, 0.25) is 0 Å². The van der Waals surface area contributed by atoms with Gasteiger partial charge in [0, 0.05) is 13.1 Å². The zero-order chi connectivity index (χ0) is 13.1. The van der Waals surface area contributed by atoms with E-state index in [-0.39, 0.29) is 5.82 Å². The Morgan fingerprint density at radius 3 is 2.47 bits per heavy atom. The van der Waals surface area contributed by atoms with E-state index in [2.05, 4.69) is 35.2 Å². The summed E-state index contributed by atoms with van der Waals surface area (Å²) in [7, 11) is 0. The molecule has 2 aromatic rings. The maximum absolute atomic E-state index is 12.9. The van der Waals surface area contributed by atoms with Gasteiger partial charge in [-0.2, -0.15) is 0 Å². The van der Waals surface area contributed by atoms with Crippen molar-refractivity contribution in [3.05, 3.63) is 71.5 Å². The van der Waals surface area contributed by atoms with Crippen LogP contribution in [0.4, 0.5) is 4.39 Å². The van der Waals surface area contributed by atoms with Crippen molar-refractivity contribution in [2.24, 2.45) is 0 Å². The molecule has 2 heteroatoms. The minimum absolute atomic E-state index is 0.160. The van der Waals surface area contributed by atoms with Crippen molar-refractivity contribution in [3.8, 4) is 0 Å². The average molecular weight is 255 g/mol. The van der Waals surface area contributed by atoms with Crippen molar-refractivity contribution in [2.75, 3.05) is 13.1 Å². The fourth-order valence-electron chi connectivity index (χ4n) is 2.82. The van der Waals surface area contributed by atoms with Gasteiger partial charge in [0.2, 0.25) is 0 Å². The predicted octanol–water partition coefficient (Wildman–Crippen LogP) is 3.82. The fraction of sp³-hybridized carbons (Fsp3) is 0.294. The molecule has 1 aliphatic heterocycles. The molecule has 0 aromatic heterocycles. The van der Waals surface area contributed by atoms with Gasteiger partial charge in [-0.3, -0.25) is 4.90 Å². The number of rotatable bonds is 3. The summed E-state index contributed by atoms with van der Waals surface area (Å²) in [6, 6.07) is 17.6. The molecular weight excluding hydrogens is 237 g/mol. The predicted molar refractivity (Wildman–Crippen MR) is 75.5 cm³/mol. The molecule has 3 rings (SSSR count). The van der Waals surface area contributed by atoms with Gasteiger partial charge >= 0.3 is 0 Å². The van der Waals surface area contributed by atoms with Crippen LogP contribution in [0.25, 0.3) is 0 Å². The lowest BCUT2D eigenvalue weighted by Crippen LogP contribution is -2.19. The van der Waals surface area contributed by atoms with Crippen LogP contribution in [-0.4, -0.2) is 18.0 Å². The summed E-state index contributed by atoms with van der Waals surface area (Å²) >= 11 is 0. The highest BCUT2D eigenvalue weighted by Crippen LogP contribution is 2.27. The highest BCUT2D eigenvalue weighted by atomic mass is 19.1. The highest BCUT2D eigenvalue weighted by molar-refractivity contribution is 5.22. The molecule has 1 nitrogen and oxygen atoms in total. The molecule has 1 aliphatic rings. The Morgan fingerprint density at radius 1 is 1.00 bits per heavy atom. The van der Waals surface area contributed by atoms with Crippen LogP contribution in [0.5, 0.6) is 0 Å². The lowest BCUT2D eigenvalue weighted by Gasteiger charge is -2.16. The Kier molecular flexibility index (Phi) is 3.60. The maximum Gasteiger partial charge on any atom is 0.123 e. The second kappa shape index (κ2) is 5.54. The Morgan fingerprint density at radius 2 is 1.74 bits per heavy atom. The normalized spacial score (nSPS) is 19.7. The largest absolute Gasteiger partial charge is 0.298 e. The summed E-state index contributed by atoms with van der Waals surface area (Å²) < 4.78 is 12.9. The quantitative estimate of drug-likeness (QED) is 0.806. The molecule has 0 N–H and O–H groups in total. The minimum atomic E-state index is -0.160. The molecule has 0 spiro atoms. The topological polar surface area (TPSA) is 3.24 Å². The van der Waals surface area contributed by atoms with Gasteiger partial charge < -0.3 is 0 Å². The van der Waals surface area contributed by atoms with Crippen molar-refractivity contribution < 1.29 is 4.39 Å². The van der Waals surface area contributed by atoms with Gasteiger partial charge in [-0.1, -0.05) is 42.5 Å². The molecule has 0 amide bonds. The SMILES string of the molecule is Fc1ccc(CN2CCC(c3ccccc3)C2)cc1. The summed E-state index contributed by atoms with van der Waals surface area (Å²) in [6.07, 6.45) is 1.21. The van der Waals surface area contributed by atoms with E-state index in [1.54, 1.807) is 12.1 Å². The first-order valence-corrected chi connectivity index (χ1v) is 6.83. The van der Waals surface area contributed by atoms with E-state index in [0.29, 0.717) is 5.92 Å². The van der Waals surface area contributed by atoms with E-state index in [4.69, 9.17) is 0 Å². The summed E-state index contributed by atoms with van der Waals surface area (Å²) in [5.41, 5.74) is 2.62. The zero-order valence-corrected chi connectivity index (χ0v) is 10.9. The van der Waals surface area contributed by atoms with Crippen molar-refractivity contribution in [3.63, 3.8) is 0 Å². The number of hydrogen-bond acceptors (Lipinski definition) is 1. The van der Waals surface area contributed by atoms with Crippen LogP contribution in [0, 0.1) is 5.82 Å². The zero-order valence-electron chi connectivity index (χ0n) is 10.9. The number of hydrogen-bond donors (Lipinski definition) is 0. The second-order valence-corrected chi connectivity index (χ2v) is 5.26. The van der Waals surface area contributed by atoms with E-state index in [0.717, 1.165) is 19.6 Å². The van der Waals surface area contributed by atoms with E-state index in [1.165, 1.54) is 17.5 Å². The molecular formula is C17H18FN. The first kappa shape index (κ1) is 12.4. The van der Waals surface area contributed by atoms with Crippen LogP contribution in [0.1, 0.15) is 23.5 Å². The van der Waals surface area contributed by atoms with Crippen LogP contribution in [-0.2, 0) is 6.54 Å². The van der Waals surface area contributed by atoms with Crippen molar-refractivity contribution in [1.82, 2.24) is 4.90 Å². The van der Waals surface area contributed by atoms with Crippen LogP contribution >= 0.6 is 0 Å². The lowest BCUT2D eigenvalue weighted by molar-refractivity contribution is 0.326. The van der Waals surface area contributed by atoms with Crippen LogP contribution in [0.15, 0.2) is 54.6 Å². The van der Waals surface area contributed by atoms with Gasteiger partial charge in [0.15, 0.2) is 0 Å². The molecule has 2 aromatic carbocycles. The van der Waals surface area contributed by atoms with Gasteiger partial charge in [0.05, 0.1) is 0 Å². The molecule has 1 atom stereocenters. The Balaban J connectivity index is 1.62. The van der Waals surface area contributed by atoms with Gasteiger partial charge in [0.25, 0.3) is 0 Å². The molecule has 1 unspecified atom stereocenters. The van der Waals surface area contributed by atoms with Gasteiger partial charge in [-0.15, -0.1) is 0 Å².